The topological polar surface area (TPSA) is 33.7 Å². The predicted molar refractivity (Wildman–Crippen MR) is 135 cm³/mol. The van der Waals surface area contributed by atoms with Gasteiger partial charge >= 0.3 is 0 Å². The molecule has 0 saturated carbocycles. The maximum Gasteiger partial charge on any atom is 0.180 e. The molecule has 1 N–H and O–H groups in total. The van der Waals surface area contributed by atoms with Gasteiger partial charge < -0.3 is 14.8 Å². The van der Waals surface area contributed by atoms with Crippen molar-refractivity contribution in [2.75, 3.05) is 26.2 Å². The minimum atomic E-state index is 0. The van der Waals surface area contributed by atoms with Crippen LogP contribution in [0.15, 0.2) is 36.4 Å². The van der Waals surface area contributed by atoms with Gasteiger partial charge in [0.1, 0.15) is 6.61 Å². The molecule has 0 amide bonds. The highest BCUT2D eigenvalue weighted by molar-refractivity contribution is 6.32. The lowest BCUT2D eigenvalue weighted by Gasteiger charge is -2.23. The molecule has 1 saturated heterocycles. The molecule has 2 aromatic carbocycles. The van der Waals surface area contributed by atoms with Gasteiger partial charge in [0.25, 0.3) is 0 Å². The van der Waals surface area contributed by atoms with Crippen LogP contribution in [0.2, 0.25) is 10.0 Å². The van der Waals surface area contributed by atoms with Crippen LogP contribution in [0.5, 0.6) is 11.5 Å². The highest BCUT2D eigenvalue weighted by Gasteiger charge is 2.22. The van der Waals surface area contributed by atoms with Crippen molar-refractivity contribution in [2.24, 2.45) is 0 Å². The van der Waals surface area contributed by atoms with E-state index < -0.39 is 0 Å². The monoisotopic (exact) mass is 508 g/mol. The van der Waals surface area contributed by atoms with E-state index in [0.717, 1.165) is 30.8 Å². The molecule has 0 aromatic heterocycles. The standard InChI is InChI=1S/C23H30Cl2N2O2.2ClH/c1-3-27-11-7-9-19(27)15-26-14-17-12-21(25)23(22(13-17)28-4-2)29-16-18-8-5-6-10-20(18)24;;/h5-6,8,10,12-13,19,26H,3-4,7,9,11,14-16H2,1-2H3;2*1H. The number of hydrogen-bond acceptors (Lipinski definition) is 4. The van der Waals surface area contributed by atoms with E-state index in [1.807, 2.05) is 43.3 Å². The summed E-state index contributed by atoms with van der Waals surface area (Å²) in [6.07, 6.45) is 2.55. The molecule has 0 radical (unpaired) electrons. The maximum absolute atomic E-state index is 6.55. The number of nitrogens with zero attached hydrogens (tertiary/aromatic N) is 1. The summed E-state index contributed by atoms with van der Waals surface area (Å²) >= 11 is 12.8. The fourth-order valence-corrected chi connectivity index (χ4v) is 4.30. The van der Waals surface area contributed by atoms with Crippen molar-refractivity contribution in [3.8, 4) is 11.5 Å². The quantitative estimate of drug-likeness (QED) is 0.402. The first-order valence-electron chi connectivity index (χ1n) is 10.4. The SMILES string of the molecule is CCOc1cc(CNCC2CCCN2CC)cc(Cl)c1OCc1ccccc1Cl.Cl.Cl. The second kappa shape index (κ2) is 14.3. The van der Waals surface area contributed by atoms with Gasteiger partial charge in [0.05, 0.1) is 11.6 Å². The molecule has 1 heterocycles. The van der Waals surface area contributed by atoms with Gasteiger partial charge in [-0.1, -0.05) is 48.3 Å². The Bertz CT molecular complexity index is 807. The first kappa shape index (κ1) is 28.2. The molecule has 0 spiro atoms. The van der Waals surface area contributed by atoms with E-state index in [4.69, 9.17) is 32.7 Å². The van der Waals surface area contributed by atoms with Crippen LogP contribution in [0.1, 0.15) is 37.8 Å². The fourth-order valence-electron chi connectivity index (χ4n) is 3.82. The summed E-state index contributed by atoms with van der Waals surface area (Å²) in [5.74, 6) is 1.23. The van der Waals surface area contributed by atoms with Crippen molar-refractivity contribution in [1.29, 1.82) is 0 Å². The molecule has 3 rings (SSSR count). The van der Waals surface area contributed by atoms with Crippen LogP contribution in [0, 0.1) is 0 Å². The lowest BCUT2D eigenvalue weighted by Crippen LogP contribution is -2.37. The van der Waals surface area contributed by atoms with Gasteiger partial charge in [0, 0.05) is 29.7 Å². The van der Waals surface area contributed by atoms with E-state index in [1.165, 1.54) is 19.4 Å². The number of hydrogen-bond donors (Lipinski definition) is 1. The van der Waals surface area contributed by atoms with Crippen LogP contribution >= 0.6 is 48.0 Å². The van der Waals surface area contributed by atoms with Gasteiger partial charge in [-0.15, -0.1) is 24.8 Å². The summed E-state index contributed by atoms with van der Waals surface area (Å²) in [7, 11) is 0. The van der Waals surface area contributed by atoms with E-state index in [1.54, 1.807) is 0 Å². The number of halogens is 4. The number of likely N-dealkylation sites (N-methyl/N-ethyl adjacent to an activating group) is 1. The van der Waals surface area contributed by atoms with Crippen molar-refractivity contribution in [2.45, 2.75) is 45.9 Å². The third kappa shape index (κ3) is 7.88. The Balaban J connectivity index is 0.00000240. The molecule has 174 valence electrons. The smallest absolute Gasteiger partial charge is 0.180 e. The number of nitrogens with one attached hydrogen (secondary N) is 1. The van der Waals surface area contributed by atoms with E-state index in [0.29, 0.717) is 40.8 Å². The summed E-state index contributed by atoms with van der Waals surface area (Å²) in [5.41, 5.74) is 2.00. The Morgan fingerprint density at radius 3 is 2.55 bits per heavy atom. The second-order valence-corrected chi connectivity index (χ2v) is 8.09. The van der Waals surface area contributed by atoms with E-state index in [9.17, 15) is 0 Å². The van der Waals surface area contributed by atoms with Crippen molar-refractivity contribution in [3.63, 3.8) is 0 Å². The summed E-state index contributed by atoms with van der Waals surface area (Å²) < 4.78 is 11.8. The first-order valence-corrected chi connectivity index (χ1v) is 11.1. The number of rotatable bonds is 10. The van der Waals surface area contributed by atoms with Crippen LogP contribution in [0.3, 0.4) is 0 Å². The van der Waals surface area contributed by atoms with Gasteiger partial charge in [0.2, 0.25) is 0 Å². The van der Waals surface area contributed by atoms with E-state index >= 15 is 0 Å². The lowest BCUT2D eigenvalue weighted by atomic mass is 10.1. The number of likely N-dealkylation sites (tertiary alicyclic amines) is 1. The zero-order chi connectivity index (χ0) is 20.6. The third-order valence-electron chi connectivity index (χ3n) is 5.31. The van der Waals surface area contributed by atoms with Crippen LogP contribution < -0.4 is 14.8 Å². The molecule has 1 atom stereocenters. The van der Waals surface area contributed by atoms with E-state index in [-0.39, 0.29) is 24.8 Å². The summed E-state index contributed by atoms with van der Waals surface area (Å²) in [5, 5.41) is 4.80. The average molecular weight is 510 g/mol. The molecule has 1 aliphatic rings. The maximum atomic E-state index is 6.55. The predicted octanol–water partition coefficient (Wildman–Crippen LogP) is 6.39. The van der Waals surface area contributed by atoms with Crippen LogP contribution in [-0.4, -0.2) is 37.2 Å². The highest BCUT2D eigenvalue weighted by atomic mass is 35.5. The van der Waals surface area contributed by atoms with Gasteiger partial charge in [-0.2, -0.15) is 0 Å². The third-order valence-corrected chi connectivity index (χ3v) is 5.96. The van der Waals surface area contributed by atoms with Crippen molar-refractivity contribution in [1.82, 2.24) is 10.2 Å². The fraction of sp³-hybridized carbons (Fsp3) is 0.478. The molecule has 0 bridgehead atoms. The minimum absolute atomic E-state index is 0. The summed E-state index contributed by atoms with van der Waals surface area (Å²) in [6.45, 7) is 9.13. The zero-order valence-corrected chi connectivity index (χ0v) is 21.2. The van der Waals surface area contributed by atoms with Gasteiger partial charge in [-0.25, -0.2) is 0 Å². The molecule has 8 heteroatoms. The van der Waals surface area contributed by atoms with Crippen LogP contribution in [0.25, 0.3) is 0 Å². The Morgan fingerprint density at radius 1 is 1.06 bits per heavy atom. The molecular weight excluding hydrogens is 478 g/mol. The van der Waals surface area contributed by atoms with Gasteiger partial charge in [0.15, 0.2) is 11.5 Å². The van der Waals surface area contributed by atoms with Gasteiger partial charge in [-0.05, 0) is 56.6 Å². The van der Waals surface area contributed by atoms with Crippen molar-refractivity contribution < 1.29 is 9.47 Å². The molecule has 1 fully saturated rings. The zero-order valence-electron chi connectivity index (χ0n) is 18.0. The Morgan fingerprint density at radius 2 is 1.84 bits per heavy atom. The Labute approximate surface area is 208 Å². The second-order valence-electron chi connectivity index (χ2n) is 7.27. The Hall–Kier alpha value is -0.880. The first-order chi connectivity index (χ1) is 14.1. The largest absolute Gasteiger partial charge is 0.490 e. The minimum Gasteiger partial charge on any atom is -0.490 e. The highest BCUT2D eigenvalue weighted by Crippen LogP contribution is 2.37. The number of ether oxygens (including phenoxy) is 2. The normalized spacial score (nSPS) is 15.8. The molecule has 4 nitrogen and oxygen atoms in total. The molecular formula is C23H32Cl4N2O2. The van der Waals surface area contributed by atoms with Crippen LogP contribution in [0.4, 0.5) is 0 Å². The van der Waals surface area contributed by atoms with Gasteiger partial charge in [-0.3, -0.25) is 4.90 Å². The molecule has 2 aromatic rings. The van der Waals surface area contributed by atoms with Crippen LogP contribution in [-0.2, 0) is 13.2 Å². The summed E-state index contributed by atoms with van der Waals surface area (Å²) in [6, 6.07) is 12.2. The molecule has 31 heavy (non-hydrogen) atoms. The summed E-state index contributed by atoms with van der Waals surface area (Å²) in [4.78, 5) is 2.54. The van der Waals surface area contributed by atoms with Crippen molar-refractivity contribution in [3.05, 3.63) is 57.6 Å². The lowest BCUT2D eigenvalue weighted by molar-refractivity contribution is 0.259. The average Bonchev–Trinajstić information content (AvgIpc) is 3.16. The van der Waals surface area contributed by atoms with E-state index in [2.05, 4.69) is 17.1 Å². The Kier molecular flexibility index (Phi) is 13.0. The molecule has 0 aliphatic carbocycles. The molecule has 1 aliphatic heterocycles. The molecule has 1 unspecified atom stereocenters. The number of benzene rings is 2. The van der Waals surface area contributed by atoms with Crippen molar-refractivity contribution >= 4 is 48.0 Å².